The summed E-state index contributed by atoms with van der Waals surface area (Å²) in [5.41, 5.74) is 0. The second-order valence-electron chi connectivity index (χ2n) is 12.5. The van der Waals surface area contributed by atoms with Crippen molar-refractivity contribution >= 4 is 17.8 Å². The molecular weight excluding hydrogens is 594 g/mol. The Hall–Kier alpha value is -1.79. The van der Waals surface area contributed by atoms with Gasteiger partial charge in [-0.1, -0.05) is 129 Å². The Bertz CT molecular complexity index is 753. The largest absolute Gasteiger partial charge is 0.466 e. The van der Waals surface area contributed by atoms with Crippen molar-refractivity contribution < 1.29 is 49.4 Å². The van der Waals surface area contributed by atoms with Crippen LogP contribution in [0.15, 0.2) is 0 Å². The van der Waals surface area contributed by atoms with Gasteiger partial charge in [0.15, 0.2) is 6.10 Å². The van der Waals surface area contributed by atoms with Crippen LogP contribution in [0.4, 0.5) is 0 Å². The highest BCUT2D eigenvalue weighted by Gasteiger charge is 2.36. The van der Waals surface area contributed by atoms with Gasteiger partial charge in [0.25, 0.3) is 5.91 Å². The van der Waals surface area contributed by atoms with Crippen molar-refractivity contribution in [2.75, 3.05) is 19.8 Å². The van der Waals surface area contributed by atoms with Crippen LogP contribution >= 0.6 is 0 Å². The molecule has 11 nitrogen and oxygen atoms in total. The highest BCUT2D eigenvalue weighted by atomic mass is 16.5. The number of rotatable bonds is 32. The fourth-order valence-electron chi connectivity index (χ4n) is 5.16. The van der Waals surface area contributed by atoms with E-state index in [-0.39, 0.29) is 26.1 Å². The zero-order valence-corrected chi connectivity index (χ0v) is 28.8. The number of carbonyl (C=O) groups is 3. The second-order valence-corrected chi connectivity index (χ2v) is 12.5. The van der Waals surface area contributed by atoms with Crippen molar-refractivity contribution in [2.24, 2.45) is 0 Å². The number of aliphatic hydroxyl groups excluding tert-OH is 5. The first kappa shape index (κ1) is 44.2. The van der Waals surface area contributed by atoms with E-state index in [1.807, 2.05) is 0 Å². The lowest BCUT2D eigenvalue weighted by Crippen LogP contribution is -2.54. The summed E-state index contributed by atoms with van der Waals surface area (Å²) in [5, 5.41) is 50.9. The lowest BCUT2D eigenvalue weighted by molar-refractivity contribution is -0.155. The van der Waals surface area contributed by atoms with Crippen molar-refractivity contribution in [1.29, 1.82) is 0 Å². The number of amides is 1. The Morgan fingerprint density at radius 3 is 1.43 bits per heavy atom. The van der Waals surface area contributed by atoms with Gasteiger partial charge in [-0.15, -0.1) is 0 Å². The third-order valence-corrected chi connectivity index (χ3v) is 8.26. The van der Waals surface area contributed by atoms with Gasteiger partial charge >= 0.3 is 11.9 Å². The molecule has 1 unspecified atom stereocenters. The Kier molecular flexibility index (Phi) is 29.3. The summed E-state index contributed by atoms with van der Waals surface area (Å²) in [4.78, 5) is 37.8. The second kappa shape index (κ2) is 30.5. The van der Waals surface area contributed by atoms with E-state index in [2.05, 4.69) is 19.2 Å². The predicted octanol–water partition coefficient (Wildman–Crippen LogP) is 4.62. The molecule has 0 spiro atoms. The molecule has 0 aliphatic carbocycles. The summed E-state index contributed by atoms with van der Waals surface area (Å²) in [7, 11) is 0. The third kappa shape index (κ3) is 23.5. The molecule has 0 bridgehead atoms. The smallest absolute Gasteiger partial charge is 0.328 e. The highest BCUT2D eigenvalue weighted by Crippen LogP contribution is 2.13. The van der Waals surface area contributed by atoms with E-state index in [9.17, 15) is 34.8 Å². The number of unbranched alkanes of at least 4 members (excludes halogenated alkanes) is 18. The van der Waals surface area contributed by atoms with Crippen LogP contribution in [0.3, 0.4) is 0 Å². The summed E-state index contributed by atoms with van der Waals surface area (Å²) in [6.07, 6.45) is 14.3. The van der Waals surface area contributed by atoms with Crippen LogP contribution in [-0.4, -0.2) is 93.7 Å². The Morgan fingerprint density at radius 2 is 1.00 bits per heavy atom. The van der Waals surface area contributed by atoms with E-state index in [1.165, 1.54) is 83.5 Å². The van der Waals surface area contributed by atoms with Crippen LogP contribution in [0.1, 0.15) is 155 Å². The quantitative estimate of drug-likeness (QED) is 0.0440. The van der Waals surface area contributed by atoms with Crippen LogP contribution in [-0.2, 0) is 23.9 Å². The standard InChI is InChI=1S/C35H67NO10/c1-3-5-7-9-11-13-15-17-19-21-25-45-30(39)24-23-28(36-34(43)33(42)32(41)31(40)29(38)27-37)35(44)46-26-22-20-18-16-14-12-10-8-6-4-2/h28-29,31-33,37-38,40-42H,3-27H2,1-2H3,(H,36,43)/t28?,29-,31-,32+,33-/m1/s1. The first-order valence-corrected chi connectivity index (χ1v) is 18.1. The molecule has 0 radical (unpaired) electrons. The number of carbonyl (C=O) groups excluding carboxylic acids is 3. The minimum absolute atomic E-state index is 0.136. The number of hydrogen-bond donors (Lipinski definition) is 6. The molecule has 272 valence electrons. The molecule has 0 heterocycles. The molecule has 0 aliphatic rings. The Balaban J connectivity index is 4.65. The maximum absolute atomic E-state index is 12.8. The SMILES string of the molecule is CCCCCCCCCCCCOC(=O)CCC(NC(=O)[C@H](O)[C@@H](O)[C@H](O)[C@H](O)CO)C(=O)OCCCCCCCCCCCC. The first-order chi connectivity index (χ1) is 22.2. The fourth-order valence-corrected chi connectivity index (χ4v) is 5.16. The molecule has 5 atom stereocenters. The van der Waals surface area contributed by atoms with Crippen LogP contribution < -0.4 is 5.32 Å². The highest BCUT2D eigenvalue weighted by molar-refractivity contribution is 5.87. The van der Waals surface area contributed by atoms with Crippen molar-refractivity contribution in [2.45, 2.75) is 186 Å². The van der Waals surface area contributed by atoms with Crippen molar-refractivity contribution in [3.05, 3.63) is 0 Å². The van der Waals surface area contributed by atoms with E-state index >= 15 is 0 Å². The molecule has 6 N–H and O–H groups in total. The van der Waals surface area contributed by atoms with Crippen LogP contribution in [0.25, 0.3) is 0 Å². The molecule has 0 saturated carbocycles. The van der Waals surface area contributed by atoms with E-state index in [4.69, 9.17) is 14.6 Å². The summed E-state index contributed by atoms with van der Waals surface area (Å²) >= 11 is 0. The molecular formula is C35H67NO10. The lowest BCUT2D eigenvalue weighted by Gasteiger charge is -2.26. The summed E-state index contributed by atoms with van der Waals surface area (Å²) in [5.74, 6) is -2.51. The normalized spacial score (nSPS) is 14.7. The topological polar surface area (TPSA) is 183 Å². The van der Waals surface area contributed by atoms with Gasteiger partial charge in [0.2, 0.25) is 0 Å². The minimum Gasteiger partial charge on any atom is -0.466 e. The van der Waals surface area contributed by atoms with Crippen LogP contribution in [0.5, 0.6) is 0 Å². The van der Waals surface area contributed by atoms with E-state index in [1.54, 1.807) is 0 Å². The molecule has 0 rings (SSSR count). The summed E-state index contributed by atoms with van der Waals surface area (Å²) in [6, 6.07) is -1.30. The molecule has 0 aliphatic heterocycles. The molecule has 1 amide bonds. The molecule has 46 heavy (non-hydrogen) atoms. The van der Waals surface area contributed by atoms with Gasteiger partial charge in [-0.2, -0.15) is 0 Å². The number of aliphatic hydroxyl groups is 5. The van der Waals surface area contributed by atoms with E-state index < -0.39 is 54.9 Å². The molecule has 0 aromatic heterocycles. The molecule has 0 fully saturated rings. The summed E-state index contributed by atoms with van der Waals surface area (Å²) in [6.45, 7) is 3.91. The van der Waals surface area contributed by atoms with Gasteiger partial charge in [0.05, 0.1) is 19.8 Å². The lowest BCUT2D eigenvalue weighted by atomic mass is 10.0. The van der Waals surface area contributed by atoms with Gasteiger partial charge in [0, 0.05) is 6.42 Å². The van der Waals surface area contributed by atoms with Crippen LogP contribution in [0.2, 0.25) is 0 Å². The number of esters is 2. The molecule has 11 heteroatoms. The van der Waals surface area contributed by atoms with E-state index in [0.29, 0.717) is 6.42 Å². The Morgan fingerprint density at radius 1 is 0.587 bits per heavy atom. The third-order valence-electron chi connectivity index (χ3n) is 8.26. The monoisotopic (exact) mass is 661 g/mol. The zero-order valence-electron chi connectivity index (χ0n) is 28.8. The zero-order chi connectivity index (χ0) is 34.4. The molecule has 0 saturated heterocycles. The maximum Gasteiger partial charge on any atom is 0.328 e. The van der Waals surface area contributed by atoms with Crippen molar-refractivity contribution in [3.63, 3.8) is 0 Å². The van der Waals surface area contributed by atoms with E-state index in [0.717, 1.165) is 38.5 Å². The van der Waals surface area contributed by atoms with Gasteiger partial charge < -0.3 is 40.3 Å². The molecule has 0 aromatic rings. The van der Waals surface area contributed by atoms with Gasteiger partial charge in [-0.25, -0.2) is 4.79 Å². The summed E-state index contributed by atoms with van der Waals surface area (Å²) < 4.78 is 10.7. The average molecular weight is 662 g/mol. The van der Waals surface area contributed by atoms with Crippen molar-refractivity contribution in [3.8, 4) is 0 Å². The maximum atomic E-state index is 12.8. The fraction of sp³-hybridized carbons (Fsp3) is 0.914. The molecule has 0 aromatic carbocycles. The van der Waals surface area contributed by atoms with Gasteiger partial charge in [-0.3, -0.25) is 9.59 Å². The Labute approximate surface area is 277 Å². The first-order valence-electron chi connectivity index (χ1n) is 18.1. The van der Waals surface area contributed by atoms with Gasteiger partial charge in [0.1, 0.15) is 24.4 Å². The van der Waals surface area contributed by atoms with Crippen molar-refractivity contribution in [1.82, 2.24) is 5.32 Å². The number of nitrogens with one attached hydrogen (secondary N) is 1. The minimum atomic E-state index is -2.21. The van der Waals surface area contributed by atoms with Gasteiger partial charge in [-0.05, 0) is 19.3 Å². The predicted molar refractivity (Wildman–Crippen MR) is 178 cm³/mol. The number of hydrogen-bond acceptors (Lipinski definition) is 10. The average Bonchev–Trinajstić information content (AvgIpc) is 3.06. The van der Waals surface area contributed by atoms with Crippen LogP contribution in [0, 0.1) is 0 Å². The number of ether oxygens (including phenoxy) is 2.